The average molecular weight is 340 g/mol. The minimum absolute atomic E-state index is 0.0356. The Kier molecular flexibility index (Phi) is 4.10. The zero-order valence-corrected chi connectivity index (χ0v) is 14.0. The number of furan rings is 1. The van der Waals surface area contributed by atoms with Crippen LogP contribution in [0.1, 0.15) is 23.1 Å². The van der Waals surface area contributed by atoms with Gasteiger partial charge >= 0.3 is 0 Å². The molecule has 0 unspecified atom stereocenters. The molecule has 0 aliphatic carbocycles. The van der Waals surface area contributed by atoms with Crippen molar-refractivity contribution < 1.29 is 9.21 Å². The van der Waals surface area contributed by atoms with Crippen LogP contribution in [0.15, 0.2) is 47.7 Å². The molecule has 8 heteroatoms. The fourth-order valence-corrected chi connectivity index (χ4v) is 3.21. The number of rotatable bonds is 5. The summed E-state index contributed by atoms with van der Waals surface area (Å²) in [6.45, 7) is 2.52. The maximum Gasteiger partial charge on any atom is 0.244 e. The topological polar surface area (TPSA) is 81.1 Å². The molecule has 3 aromatic rings. The van der Waals surface area contributed by atoms with Gasteiger partial charge in [0.05, 0.1) is 31.0 Å². The van der Waals surface area contributed by atoms with Crippen molar-refractivity contribution in [1.29, 1.82) is 0 Å². The molecule has 4 heterocycles. The van der Waals surface area contributed by atoms with Crippen molar-refractivity contribution >= 4 is 5.91 Å². The van der Waals surface area contributed by atoms with Crippen LogP contribution >= 0.6 is 0 Å². The summed E-state index contributed by atoms with van der Waals surface area (Å²) in [5.41, 5.74) is 2.17. The zero-order valence-electron chi connectivity index (χ0n) is 14.0. The van der Waals surface area contributed by atoms with Crippen molar-refractivity contribution in [2.24, 2.45) is 7.05 Å². The first kappa shape index (κ1) is 15.6. The largest absolute Gasteiger partial charge is 0.467 e. The number of nitrogens with zero attached hydrogens (tertiary/aromatic N) is 5. The summed E-state index contributed by atoms with van der Waals surface area (Å²) < 4.78 is 9.02. The van der Waals surface area contributed by atoms with Gasteiger partial charge in [-0.1, -0.05) is 0 Å². The fraction of sp³-hybridized carbons (Fsp3) is 0.353. The first-order valence-corrected chi connectivity index (χ1v) is 8.20. The summed E-state index contributed by atoms with van der Waals surface area (Å²) in [5.74, 6) is 0.703. The predicted molar refractivity (Wildman–Crippen MR) is 89.1 cm³/mol. The number of fused-ring (bicyclic) bond motifs is 1. The average Bonchev–Trinajstić information content (AvgIpc) is 3.33. The van der Waals surface area contributed by atoms with Crippen molar-refractivity contribution in [3.63, 3.8) is 0 Å². The van der Waals surface area contributed by atoms with Crippen LogP contribution in [0.5, 0.6) is 0 Å². The van der Waals surface area contributed by atoms with Gasteiger partial charge in [0.2, 0.25) is 5.91 Å². The lowest BCUT2D eigenvalue weighted by atomic mass is 10.1. The predicted octanol–water partition coefficient (Wildman–Crippen LogP) is 1.08. The number of nitrogens with one attached hydrogen (secondary N) is 1. The van der Waals surface area contributed by atoms with Gasteiger partial charge in [0, 0.05) is 44.6 Å². The molecular weight excluding hydrogens is 320 g/mol. The Hall–Kier alpha value is -2.87. The Balaban J connectivity index is 1.47. The summed E-state index contributed by atoms with van der Waals surface area (Å²) >= 11 is 0. The molecule has 0 saturated carbocycles. The molecule has 3 aromatic heterocycles. The highest BCUT2D eigenvalue weighted by atomic mass is 16.3. The quantitative estimate of drug-likeness (QED) is 0.752. The third kappa shape index (κ3) is 3.34. The standard InChI is InChI=1S/C17H20N6O2/c1-21-8-13(5-20-21)9-22-10-14-6-18-12-23(14)16(11-22)17(24)19-7-15-3-2-4-25-15/h2-6,8,12,16H,7,9-11H2,1H3,(H,19,24)/t16-/m0/s1. The monoisotopic (exact) mass is 340 g/mol. The molecule has 8 nitrogen and oxygen atoms in total. The third-order valence-electron chi connectivity index (χ3n) is 4.38. The normalized spacial score (nSPS) is 17.4. The molecule has 4 rings (SSSR count). The number of imidazole rings is 1. The Morgan fingerprint density at radius 1 is 1.44 bits per heavy atom. The number of carbonyl (C=O) groups excluding carboxylic acids is 1. The molecule has 1 aliphatic heterocycles. The van der Waals surface area contributed by atoms with E-state index in [4.69, 9.17) is 4.42 Å². The lowest BCUT2D eigenvalue weighted by Gasteiger charge is -2.33. The van der Waals surface area contributed by atoms with Gasteiger partial charge in [-0.3, -0.25) is 14.4 Å². The van der Waals surface area contributed by atoms with Crippen LogP contribution in [0.2, 0.25) is 0 Å². The molecule has 1 atom stereocenters. The highest BCUT2D eigenvalue weighted by Gasteiger charge is 2.30. The molecule has 130 valence electrons. The minimum Gasteiger partial charge on any atom is -0.467 e. The SMILES string of the molecule is Cn1cc(CN2Cc3cncn3[C@H](C(=O)NCc3ccco3)C2)cn1. The lowest BCUT2D eigenvalue weighted by molar-refractivity contribution is -0.125. The molecule has 0 fully saturated rings. The summed E-state index contributed by atoms with van der Waals surface area (Å²) in [6.07, 6.45) is 9.01. The second-order valence-corrected chi connectivity index (χ2v) is 6.30. The summed E-state index contributed by atoms with van der Waals surface area (Å²) in [7, 11) is 1.90. The minimum atomic E-state index is -0.308. The number of amides is 1. The van der Waals surface area contributed by atoms with Crippen LogP contribution in [0.25, 0.3) is 0 Å². The van der Waals surface area contributed by atoms with Crippen molar-refractivity contribution in [1.82, 2.24) is 29.5 Å². The smallest absolute Gasteiger partial charge is 0.244 e. The van der Waals surface area contributed by atoms with Gasteiger partial charge in [-0.15, -0.1) is 0 Å². The molecule has 0 radical (unpaired) electrons. The lowest BCUT2D eigenvalue weighted by Crippen LogP contribution is -2.43. The fourth-order valence-electron chi connectivity index (χ4n) is 3.21. The van der Waals surface area contributed by atoms with Crippen LogP contribution in [-0.2, 0) is 31.5 Å². The molecule has 0 aromatic carbocycles. The Labute approximate surface area is 145 Å². The van der Waals surface area contributed by atoms with Gasteiger partial charge in [0.15, 0.2) is 0 Å². The first-order valence-electron chi connectivity index (χ1n) is 8.20. The summed E-state index contributed by atoms with van der Waals surface area (Å²) in [5, 5.41) is 7.16. The van der Waals surface area contributed by atoms with E-state index in [1.54, 1.807) is 17.3 Å². The van der Waals surface area contributed by atoms with Crippen LogP contribution in [0.4, 0.5) is 0 Å². The number of hydrogen-bond acceptors (Lipinski definition) is 5. The van der Waals surface area contributed by atoms with Crippen molar-refractivity contribution in [3.8, 4) is 0 Å². The molecular formula is C17H20N6O2. The van der Waals surface area contributed by atoms with E-state index in [9.17, 15) is 4.79 Å². The van der Waals surface area contributed by atoms with E-state index in [0.29, 0.717) is 13.1 Å². The Bertz CT molecular complexity index is 850. The van der Waals surface area contributed by atoms with E-state index in [1.165, 1.54) is 0 Å². The van der Waals surface area contributed by atoms with E-state index >= 15 is 0 Å². The van der Waals surface area contributed by atoms with Gasteiger partial charge in [-0.05, 0) is 12.1 Å². The van der Waals surface area contributed by atoms with Crippen molar-refractivity contribution in [2.45, 2.75) is 25.7 Å². The number of aryl methyl sites for hydroxylation is 1. The molecule has 0 saturated heterocycles. The van der Waals surface area contributed by atoms with Crippen LogP contribution in [0.3, 0.4) is 0 Å². The number of hydrogen-bond donors (Lipinski definition) is 1. The summed E-state index contributed by atoms with van der Waals surface area (Å²) in [4.78, 5) is 19.2. The molecule has 0 bridgehead atoms. The third-order valence-corrected chi connectivity index (χ3v) is 4.38. The molecule has 1 amide bonds. The second kappa shape index (κ2) is 6.56. The van der Waals surface area contributed by atoms with E-state index in [0.717, 1.165) is 30.1 Å². The van der Waals surface area contributed by atoms with E-state index in [2.05, 4.69) is 20.3 Å². The summed E-state index contributed by atoms with van der Waals surface area (Å²) in [6, 6.07) is 3.35. The van der Waals surface area contributed by atoms with Gasteiger partial charge < -0.3 is 14.3 Å². The number of aromatic nitrogens is 4. The van der Waals surface area contributed by atoms with Crippen LogP contribution in [-0.4, -0.2) is 36.7 Å². The first-order chi connectivity index (χ1) is 12.2. The van der Waals surface area contributed by atoms with Gasteiger partial charge in [0.25, 0.3) is 0 Å². The maximum atomic E-state index is 12.7. The molecule has 1 aliphatic rings. The zero-order chi connectivity index (χ0) is 17.2. The molecule has 1 N–H and O–H groups in total. The number of carbonyl (C=O) groups is 1. The van der Waals surface area contributed by atoms with Crippen LogP contribution < -0.4 is 5.32 Å². The highest BCUT2D eigenvalue weighted by Crippen LogP contribution is 2.22. The van der Waals surface area contributed by atoms with Gasteiger partial charge in [-0.25, -0.2) is 4.98 Å². The van der Waals surface area contributed by atoms with Crippen molar-refractivity contribution in [3.05, 3.63) is 60.3 Å². The second-order valence-electron chi connectivity index (χ2n) is 6.30. The highest BCUT2D eigenvalue weighted by molar-refractivity contribution is 5.80. The Morgan fingerprint density at radius 2 is 2.36 bits per heavy atom. The van der Waals surface area contributed by atoms with E-state index in [1.807, 2.05) is 42.3 Å². The van der Waals surface area contributed by atoms with Gasteiger partial charge in [0.1, 0.15) is 11.8 Å². The Morgan fingerprint density at radius 3 is 3.12 bits per heavy atom. The van der Waals surface area contributed by atoms with Crippen molar-refractivity contribution in [2.75, 3.05) is 6.54 Å². The maximum absolute atomic E-state index is 12.7. The van der Waals surface area contributed by atoms with E-state index < -0.39 is 0 Å². The van der Waals surface area contributed by atoms with E-state index in [-0.39, 0.29) is 11.9 Å². The molecule has 0 spiro atoms. The van der Waals surface area contributed by atoms with Gasteiger partial charge in [-0.2, -0.15) is 5.10 Å². The molecule has 25 heavy (non-hydrogen) atoms. The van der Waals surface area contributed by atoms with Crippen LogP contribution in [0, 0.1) is 0 Å².